The minimum atomic E-state index is 0.0731. The Morgan fingerprint density at radius 1 is 1.33 bits per heavy atom. The highest BCUT2D eigenvalue weighted by Crippen LogP contribution is 2.21. The minimum absolute atomic E-state index is 0.0731. The molecule has 0 heterocycles. The van der Waals surface area contributed by atoms with Crippen molar-refractivity contribution < 1.29 is 5.11 Å². The van der Waals surface area contributed by atoms with Crippen LogP contribution in [0.3, 0.4) is 0 Å². The summed E-state index contributed by atoms with van der Waals surface area (Å²) in [6.45, 7) is 2.31. The second-order valence-electron chi connectivity index (χ2n) is 4.80. The monoisotopic (exact) mass is 266 g/mol. The van der Waals surface area contributed by atoms with E-state index in [9.17, 15) is 0 Å². The number of phenols is 1. The molecule has 1 aliphatic carbocycles. The number of benzene rings is 1. The Labute approximate surface area is 113 Å². The standard InChI is InChI=1S/C7H4ClNO.C7H15N/c8-7-3-6(10)2-1-5(7)4-9;1-6-2-4-7(8)5-3-6/h1-3,10H;6-7H,2-5,8H2,1H3. The molecule has 1 aromatic carbocycles. The highest BCUT2D eigenvalue weighted by atomic mass is 35.5. The highest BCUT2D eigenvalue weighted by molar-refractivity contribution is 6.31. The van der Waals surface area contributed by atoms with Crippen LogP contribution in [0.5, 0.6) is 5.75 Å². The number of rotatable bonds is 0. The maximum atomic E-state index is 8.84. The molecular weight excluding hydrogens is 248 g/mol. The van der Waals surface area contributed by atoms with E-state index in [1.807, 2.05) is 6.07 Å². The maximum Gasteiger partial charge on any atom is 0.117 e. The predicted molar refractivity (Wildman–Crippen MR) is 73.4 cm³/mol. The number of nitrogens with zero attached hydrogens (tertiary/aromatic N) is 1. The van der Waals surface area contributed by atoms with Crippen molar-refractivity contribution in [3.63, 3.8) is 0 Å². The first-order chi connectivity index (χ1) is 8.52. The molecule has 1 fully saturated rings. The van der Waals surface area contributed by atoms with E-state index >= 15 is 0 Å². The van der Waals surface area contributed by atoms with Crippen LogP contribution in [0.4, 0.5) is 0 Å². The first kappa shape index (κ1) is 14.8. The van der Waals surface area contributed by atoms with Crippen LogP contribution in [-0.2, 0) is 0 Å². The van der Waals surface area contributed by atoms with E-state index in [2.05, 4.69) is 6.92 Å². The SMILES string of the molecule is CC1CCC(N)CC1.N#Cc1ccc(O)cc1Cl. The van der Waals surface area contributed by atoms with E-state index in [0.29, 0.717) is 11.6 Å². The Bertz CT molecular complexity index is 410. The van der Waals surface area contributed by atoms with Crippen LogP contribution in [0, 0.1) is 17.2 Å². The molecule has 3 nitrogen and oxygen atoms in total. The summed E-state index contributed by atoms with van der Waals surface area (Å²) in [4.78, 5) is 0. The number of aromatic hydroxyl groups is 1. The summed E-state index contributed by atoms with van der Waals surface area (Å²) in [7, 11) is 0. The predicted octanol–water partition coefficient (Wildman–Crippen LogP) is 3.44. The molecular formula is C14H19ClN2O. The fourth-order valence-electron chi connectivity index (χ4n) is 1.88. The van der Waals surface area contributed by atoms with Crippen molar-refractivity contribution in [1.29, 1.82) is 5.26 Å². The van der Waals surface area contributed by atoms with E-state index in [0.717, 1.165) is 5.92 Å². The van der Waals surface area contributed by atoms with Crippen LogP contribution in [0.2, 0.25) is 5.02 Å². The maximum absolute atomic E-state index is 8.84. The van der Waals surface area contributed by atoms with Gasteiger partial charge in [-0.3, -0.25) is 0 Å². The molecule has 2 rings (SSSR count). The summed E-state index contributed by atoms with van der Waals surface area (Å²) in [5.74, 6) is 1.01. The Kier molecular flexibility index (Phi) is 5.97. The zero-order chi connectivity index (χ0) is 13.5. The van der Waals surface area contributed by atoms with E-state index in [-0.39, 0.29) is 10.8 Å². The average molecular weight is 267 g/mol. The molecule has 98 valence electrons. The van der Waals surface area contributed by atoms with Crippen molar-refractivity contribution in [2.45, 2.75) is 38.6 Å². The molecule has 3 N–H and O–H groups in total. The molecule has 1 aromatic rings. The van der Waals surface area contributed by atoms with Crippen LogP contribution in [0.25, 0.3) is 0 Å². The van der Waals surface area contributed by atoms with Gasteiger partial charge in [-0.1, -0.05) is 18.5 Å². The highest BCUT2D eigenvalue weighted by Gasteiger charge is 2.13. The molecule has 1 aliphatic rings. The van der Waals surface area contributed by atoms with Crippen molar-refractivity contribution in [3.8, 4) is 11.8 Å². The smallest absolute Gasteiger partial charge is 0.117 e. The Hall–Kier alpha value is -1.24. The van der Waals surface area contributed by atoms with Crippen molar-refractivity contribution in [3.05, 3.63) is 28.8 Å². The lowest BCUT2D eigenvalue weighted by atomic mass is 9.88. The lowest BCUT2D eigenvalue weighted by Crippen LogP contribution is -2.25. The second-order valence-corrected chi connectivity index (χ2v) is 5.20. The Morgan fingerprint density at radius 2 is 1.94 bits per heavy atom. The molecule has 1 saturated carbocycles. The van der Waals surface area contributed by atoms with Crippen molar-refractivity contribution in [1.82, 2.24) is 0 Å². The Balaban J connectivity index is 0.000000184. The van der Waals surface area contributed by atoms with Crippen molar-refractivity contribution in [2.24, 2.45) is 11.7 Å². The number of halogens is 1. The van der Waals surface area contributed by atoms with Gasteiger partial charge in [0.2, 0.25) is 0 Å². The fourth-order valence-corrected chi connectivity index (χ4v) is 2.10. The summed E-state index contributed by atoms with van der Waals surface area (Å²) in [6, 6.07) is 6.62. The zero-order valence-electron chi connectivity index (χ0n) is 10.6. The van der Waals surface area contributed by atoms with Gasteiger partial charge in [0.25, 0.3) is 0 Å². The largest absolute Gasteiger partial charge is 0.508 e. The van der Waals surface area contributed by atoms with Crippen molar-refractivity contribution in [2.75, 3.05) is 0 Å². The summed E-state index contributed by atoms with van der Waals surface area (Å²) in [6.07, 6.45) is 5.20. The lowest BCUT2D eigenvalue weighted by molar-refractivity contribution is 0.348. The van der Waals surface area contributed by atoms with Crippen LogP contribution in [-0.4, -0.2) is 11.1 Å². The molecule has 4 heteroatoms. The summed E-state index contributed by atoms with van der Waals surface area (Å²) < 4.78 is 0. The van der Waals surface area contributed by atoms with Gasteiger partial charge in [-0.15, -0.1) is 0 Å². The molecule has 0 saturated heterocycles. The molecule has 0 spiro atoms. The molecule has 0 unspecified atom stereocenters. The summed E-state index contributed by atoms with van der Waals surface area (Å²) in [5, 5.41) is 17.5. The van der Waals surface area contributed by atoms with E-state index in [1.54, 1.807) is 0 Å². The first-order valence-electron chi connectivity index (χ1n) is 6.17. The lowest BCUT2D eigenvalue weighted by Gasteiger charge is -2.22. The average Bonchev–Trinajstić information content (AvgIpc) is 2.34. The molecule has 0 amide bonds. The quantitative estimate of drug-likeness (QED) is 0.756. The third-order valence-corrected chi connectivity index (χ3v) is 3.45. The van der Waals surface area contributed by atoms with Gasteiger partial charge in [0.1, 0.15) is 11.8 Å². The zero-order valence-corrected chi connectivity index (χ0v) is 11.3. The normalized spacial score (nSPS) is 22.6. The van der Waals surface area contributed by atoms with Gasteiger partial charge in [-0.25, -0.2) is 0 Å². The van der Waals surface area contributed by atoms with Gasteiger partial charge in [-0.2, -0.15) is 5.26 Å². The summed E-state index contributed by atoms with van der Waals surface area (Å²) in [5.41, 5.74) is 6.07. The number of phenolic OH excluding ortho intramolecular Hbond substituents is 1. The number of hydrogen-bond donors (Lipinski definition) is 2. The number of nitriles is 1. The van der Waals surface area contributed by atoms with E-state index in [4.69, 9.17) is 27.7 Å². The van der Waals surface area contributed by atoms with Crippen LogP contribution >= 0.6 is 11.6 Å². The van der Waals surface area contributed by atoms with E-state index < -0.39 is 0 Å². The third-order valence-electron chi connectivity index (χ3n) is 3.13. The van der Waals surface area contributed by atoms with Gasteiger partial charge >= 0.3 is 0 Å². The molecule has 0 aromatic heterocycles. The number of hydrogen-bond acceptors (Lipinski definition) is 3. The van der Waals surface area contributed by atoms with Crippen molar-refractivity contribution >= 4 is 11.6 Å². The van der Waals surface area contributed by atoms with Gasteiger partial charge in [-0.05, 0) is 49.8 Å². The molecule has 0 bridgehead atoms. The van der Waals surface area contributed by atoms with Crippen LogP contribution < -0.4 is 5.73 Å². The fraction of sp³-hybridized carbons (Fsp3) is 0.500. The number of nitrogens with two attached hydrogens (primary N) is 1. The van der Waals surface area contributed by atoms with Gasteiger partial charge in [0.05, 0.1) is 10.6 Å². The summed E-state index contributed by atoms with van der Waals surface area (Å²) >= 11 is 5.55. The van der Waals surface area contributed by atoms with Gasteiger partial charge in [0, 0.05) is 6.04 Å². The van der Waals surface area contributed by atoms with Gasteiger partial charge < -0.3 is 10.8 Å². The Morgan fingerprint density at radius 3 is 2.39 bits per heavy atom. The van der Waals surface area contributed by atoms with E-state index in [1.165, 1.54) is 43.9 Å². The third kappa shape index (κ3) is 4.95. The van der Waals surface area contributed by atoms with Crippen LogP contribution in [0.1, 0.15) is 38.2 Å². The van der Waals surface area contributed by atoms with Crippen LogP contribution in [0.15, 0.2) is 18.2 Å². The minimum Gasteiger partial charge on any atom is -0.508 e. The topological polar surface area (TPSA) is 70.0 Å². The molecule has 0 radical (unpaired) electrons. The molecule has 18 heavy (non-hydrogen) atoms. The molecule has 0 atom stereocenters. The molecule has 0 aliphatic heterocycles. The first-order valence-corrected chi connectivity index (χ1v) is 6.55. The van der Waals surface area contributed by atoms with Gasteiger partial charge in [0.15, 0.2) is 0 Å². The second kappa shape index (κ2) is 7.25.